The van der Waals surface area contributed by atoms with Crippen LogP contribution in [0.4, 0.5) is 15.8 Å². The lowest BCUT2D eigenvalue weighted by molar-refractivity contribution is 0.0728. The molecule has 0 aliphatic carbocycles. The number of carbonyl (C=O) groups excluding carboxylic acids is 1. The summed E-state index contributed by atoms with van der Waals surface area (Å²) in [7, 11) is 0. The molecule has 92 valence electrons. The highest BCUT2D eigenvalue weighted by molar-refractivity contribution is 5.91. The van der Waals surface area contributed by atoms with Crippen LogP contribution in [0.15, 0.2) is 42.5 Å². The average molecular weight is 246 g/mol. The van der Waals surface area contributed by atoms with Gasteiger partial charge in [-0.3, -0.25) is 0 Å². The Morgan fingerprint density at radius 1 is 1.00 bits per heavy atom. The van der Waals surface area contributed by atoms with Gasteiger partial charge in [-0.05, 0) is 36.4 Å². The first-order valence-corrected chi connectivity index (χ1v) is 5.19. The third kappa shape index (κ3) is 2.57. The fraction of sp³-hybridized carbons (Fsp3) is 0. The maximum Gasteiger partial charge on any atom is 0.343 e. The van der Waals surface area contributed by atoms with Crippen molar-refractivity contribution < 1.29 is 13.9 Å². The summed E-state index contributed by atoms with van der Waals surface area (Å²) < 4.78 is 18.3. The smallest absolute Gasteiger partial charge is 0.343 e. The van der Waals surface area contributed by atoms with E-state index >= 15 is 0 Å². The minimum absolute atomic E-state index is 0.161. The molecule has 0 aliphatic rings. The Bertz CT molecular complexity index is 582. The van der Waals surface area contributed by atoms with E-state index < -0.39 is 11.8 Å². The van der Waals surface area contributed by atoms with Crippen molar-refractivity contribution in [1.29, 1.82) is 0 Å². The largest absolute Gasteiger partial charge is 0.420 e. The molecule has 0 saturated heterocycles. The quantitative estimate of drug-likeness (QED) is 0.483. The highest BCUT2D eigenvalue weighted by atomic mass is 19.1. The van der Waals surface area contributed by atoms with Gasteiger partial charge in [0.05, 0.1) is 5.56 Å². The zero-order valence-electron chi connectivity index (χ0n) is 9.39. The maximum atomic E-state index is 13.4. The third-order valence-electron chi connectivity index (χ3n) is 2.30. The van der Waals surface area contributed by atoms with Crippen LogP contribution >= 0.6 is 0 Å². The van der Waals surface area contributed by atoms with Crippen molar-refractivity contribution in [2.45, 2.75) is 0 Å². The number of ether oxygens (including phenoxy) is 1. The van der Waals surface area contributed by atoms with Crippen molar-refractivity contribution in [3.05, 3.63) is 53.8 Å². The second-order valence-electron chi connectivity index (χ2n) is 3.70. The van der Waals surface area contributed by atoms with Crippen LogP contribution in [0.5, 0.6) is 5.75 Å². The molecule has 0 bridgehead atoms. The molecule has 0 radical (unpaired) electrons. The fourth-order valence-electron chi connectivity index (χ4n) is 1.38. The lowest BCUT2D eigenvalue weighted by atomic mass is 10.2. The van der Waals surface area contributed by atoms with Crippen LogP contribution in [0.3, 0.4) is 0 Å². The Morgan fingerprint density at radius 2 is 1.61 bits per heavy atom. The monoisotopic (exact) mass is 246 g/mol. The van der Waals surface area contributed by atoms with E-state index in [1.165, 1.54) is 24.3 Å². The molecular weight excluding hydrogens is 235 g/mol. The normalized spacial score (nSPS) is 10.1. The second-order valence-corrected chi connectivity index (χ2v) is 3.70. The van der Waals surface area contributed by atoms with E-state index in [1.54, 1.807) is 12.1 Å². The number of benzene rings is 2. The number of nitrogen functional groups attached to an aromatic ring is 2. The van der Waals surface area contributed by atoms with Crippen molar-refractivity contribution >= 4 is 17.3 Å². The Labute approximate surface area is 103 Å². The third-order valence-corrected chi connectivity index (χ3v) is 2.30. The Morgan fingerprint density at radius 3 is 2.22 bits per heavy atom. The SMILES string of the molecule is Nc1ccc(C(=O)Oc2ccc(N)cc2F)cc1. The number of halogens is 1. The Hall–Kier alpha value is -2.56. The van der Waals surface area contributed by atoms with Gasteiger partial charge < -0.3 is 16.2 Å². The van der Waals surface area contributed by atoms with E-state index in [2.05, 4.69) is 0 Å². The van der Waals surface area contributed by atoms with Gasteiger partial charge in [-0.25, -0.2) is 9.18 Å². The van der Waals surface area contributed by atoms with E-state index in [0.717, 1.165) is 6.07 Å². The first-order chi connectivity index (χ1) is 8.56. The number of rotatable bonds is 2. The maximum absolute atomic E-state index is 13.4. The van der Waals surface area contributed by atoms with Gasteiger partial charge in [0, 0.05) is 17.4 Å². The fourth-order valence-corrected chi connectivity index (χ4v) is 1.38. The molecular formula is C13H11FN2O2. The highest BCUT2D eigenvalue weighted by Crippen LogP contribution is 2.20. The molecule has 0 heterocycles. The zero-order chi connectivity index (χ0) is 13.1. The van der Waals surface area contributed by atoms with Crippen LogP contribution < -0.4 is 16.2 Å². The number of anilines is 2. The van der Waals surface area contributed by atoms with Crippen LogP contribution in [-0.2, 0) is 0 Å². The van der Waals surface area contributed by atoms with Crippen LogP contribution in [0, 0.1) is 5.82 Å². The van der Waals surface area contributed by atoms with Gasteiger partial charge in [0.2, 0.25) is 0 Å². The zero-order valence-corrected chi connectivity index (χ0v) is 9.39. The first-order valence-electron chi connectivity index (χ1n) is 5.19. The Balaban J connectivity index is 2.18. The molecule has 0 atom stereocenters. The van der Waals surface area contributed by atoms with Gasteiger partial charge in [0.1, 0.15) is 0 Å². The second kappa shape index (κ2) is 4.75. The van der Waals surface area contributed by atoms with E-state index in [4.69, 9.17) is 16.2 Å². The number of nitrogens with two attached hydrogens (primary N) is 2. The van der Waals surface area contributed by atoms with Gasteiger partial charge in [0.15, 0.2) is 11.6 Å². The predicted octanol–water partition coefficient (Wildman–Crippen LogP) is 2.21. The van der Waals surface area contributed by atoms with Crippen LogP contribution in [-0.4, -0.2) is 5.97 Å². The molecule has 2 rings (SSSR count). The minimum atomic E-state index is -0.682. The minimum Gasteiger partial charge on any atom is -0.420 e. The summed E-state index contributed by atoms with van der Waals surface area (Å²) in [6.07, 6.45) is 0. The molecule has 18 heavy (non-hydrogen) atoms. The molecule has 4 nitrogen and oxygen atoms in total. The van der Waals surface area contributed by atoms with Gasteiger partial charge in [-0.1, -0.05) is 0 Å². The van der Waals surface area contributed by atoms with Crippen molar-refractivity contribution in [2.75, 3.05) is 11.5 Å². The van der Waals surface area contributed by atoms with E-state index in [9.17, 15) is 9.18 Å². The summed E-state index contributed by atoms with van der Waals surface area (Å²) in [6, 6.07) is 9.99. The summed E-state index contributed by atoms with van der Waals surface area (Å²) >= 11 is 0. The first kappa shape index (κ1) is 11.9. The van der Waals surface area contributed by atoms with E-state index in [-0.39, 0.29) is 11.4 Å². The standard InChI is InChI=1S/C13H11FN2O2/c14-11-7-10(16)5-6-12(11)18-13(17)8-1-3-9(15)4-2-8/h1-7H,15-16H2. The lowest BCUT2D eigenvalue weighted by Crippen LogP contribution is -2.09. The molecule has 0 spiro atoms. The van der Waals surface area contributed by atoms with E-state index in [0.29, 0.717) is 11.3 Å². The van der Waals surface area contributed by atoms with Gasteiger partial charge in [-0.2, -0.15) is 0 Å². The lowest BCUT2D eigenvalue weighted by Gasteiger charge is -2.06. The average Bonchev–Trinajstić information content (AvgIpc) is 2.33. The molecule has 2 aromatic rings. The molecule has 5 heteroatoms. The summed E-state index contributed by atoms with van der Waals surface area (Å²) in [5.74, 6) is -1.50. The van der Waals surface area contributed by atoms with Gasteiger partial charge in [-0.15, -0.1) is 0 Å². The molecule has 4 N–H and O–H groups in total. The van der Waals surface area contributed by atoms with Crippen molar-refractivity contribution in [2.24, 2.45) is 0 Å². The molecule has 0 aliphatic heterocycles. The van der Waals surface area contributed by atoms with Crippen LogP contribution in [0.1, 0.15) is 10.4 Å². The van der Waals surface area contributed by atoms with E-state index in [1.807, 2.05) is 0 Å². The molecule has 0 amide bonds. The summed E-state index contributed by atoms with van der Waals surface area (Å²) in [5.41, 5.74) is 12.0. The topological polar surface area (TPSA) is 78.3 Å². The summed E-state index contributed by atoms with van der Waals surface area (Å²) in [5, 5.41) is 0. The predicted molar refractivity (Wildman–Crippen MR) is 66.6 cm³/mol. The van der Waals surface area contributed by atoms with Crippen LogP contribution in [0.2, 0.25) is 0 Å². The van der Waals surface area contributed by atoms with Crippen molar-refractivity contribution in [1.82, 2.24) is 0 Å². The molecule has 0 saturated carbocycles. The van der Waals surface area contributed by atoms with Crippen LogP contribution in [0.25, 0.3) is 0 Å². The summed E-state index contributed by atoms with van der Waals surface area (Å²) in [6.45, 7) is 0. The van der Waals surface area contributed by atoms with Crippen molar-refractivity contribution in [3.8, 4) is 5.75 Å². The summed E-state index contributed by atoms with van der Waals surface area (Å²) in [4.78, 5) is 11.7. The van der Waals surface area contributed by atoms with Gasteiger partial charge >= 0.3 is 5.97 Å². The number of hydrogen-bond acceptors (Lipinski definition) is 4. The highest BCUT2D eigenvalue weighted by Gasteiger charge is 2.11. The van der Waals surface area contributed by atoms with Crippen molar-refractivity contribution in [3.63, 3.8) is 0 Å². The van der Waals surface area contributed by atoms with Gasteiger partial charge in [0.25, 0.3) is 0 Å². The number of esters is 1. The number of carbonyl (C=O) groups is 1. The molecule has 0 unspecified atom stereocenters. The Kier molecular flexibility index (Phi) is 3.14. The number of hydrogen-bond donors (Lipinski definition) is 2. The molecule has 0 aromatic heterocycles. The molecule has 2 aromatic carbocycles. The molecule has 0 fully saturated rings.